The van der Waals surface area contributed by atoms with E-state index in [1.165, 1.54) is 6.20 Å². The molecule has 1 aliphatic heterocycles. The van der Waals surface area contributed by atoms with Crippen molar-refractivity contribution in [3.8, 4) is 6.07 Å². The molecule has 90 valence electrons. The Morgan fingerprint density at radius 3 is 2.76 bits per heavy atom. The molecule has 2 heterocycles. The van der Waals surface area contributed by atoms with Gasteiger partial charge in [0.15, 0.2) is 0 Å². The van der Waals surface area contributed by atoms with E-state index in [2.05, 4.69) is 21.2 Å². The quantitative estimate of drug-likeness (QED) is 0.784. The lowest BCUT2D eigenvalue weighted by molar-refractivity contribution is 0.0616. The molecule has 1 unspecified atom stereocenters. The fraction of sp³-hybridized carbons (Fsp3) is 0.545. The van der Waals surface area contributed by atoms with Crippen molar-refractivity contribution in [2.24, 2.45) is 0 Å². The van der Waals surface area contributed by atoms with Crippen LogP contribution in [0.25, 0.3) is 0 Å². The number of carbonyl (C=O) groups is 1. The Balaban J connectivity index is 1.92. The smallest absolute Gasteiger partial charge is 0.257 e. The molecule has 17 heavy (non-hydrogen) atoms. The van der Waals surface area contributed by atoms with Gasteiger partial charge in [-0.3, -0.25) is 14.8 Å². The summed E-state index contributed by atoms with van der Waals surface area (Å²) in [6.45, 7) is 4.70. The number of hydrogen-bond acceptors (Lipinski definition) is 4. The van der Waals surface area contributed by atoms with Crippen LogP contribution in [0.5, 0.6) is 0 Å². The van der Waals surface area contributed by atoms with Gasteiger partial charge in [0.1, 0.15) is 0 Å². The predicted molar refractivity (Wildman–Crippen MR) is 61.1 cm³/mol. The average molecular weight is 233 g/mol. The number of amides is 1. The summed E-state index contributed by atoms with van der Waals surface area (Å²) in [5.74, 6) is 0.00279. The molecule has 1 aliphatic rings. The summed E-state index contributed by atoms with van der Waals surface area (Å²) >= 11 is 0. The zero-order valence-electron chi connectivity index (χ0n) is 9.76. The largest absolute Gasteiger partial charge is 0.336 e. The Labute approximate surface area is 99.8 Å². The van der Waals surface area contributed by atoms with Crippen LogP contribution in [-0.2, 0) is 0 Å². The maximum absolute atomic E-state index is 12.0. The lowest BCUT2D eigenvalue weighted by atomic mass is 10.2. The number of nitrogens with one attached hydrogen (secondary N) is 1. The SMILES string of the molecule is CC(C#N)N1CCN(C(=O)c2cn[nH]c2)CC1. The highest BCUT2D eigenvalue weighted by molar-refractivity contribution is 5.93. The Morgan fingerprint density at radius 1 is 1.53 bits per heavy atom. The molecule has 1 saturated heterocycles. The molecule has 1 amide bonds. The Hall–Kier alpha value is -1.87. The molecule has 0 bridgehead atoms. The van der Waals surface area contributed by atoms with Crippen molar-refractivity contribution in [2.75, 3.05) is 26.2 Å². The van der Waals surface area contributed by atoms with Gasteiger partial charge in [-0.15, -0.1) is 0 Å². The van der Waals surface area contributed by atoms with Crippen LogP contribution >= 0.6 is 0 Å². The fourth-order valence-electron chi connectivity index (χ4n) is 1.94. The number of aromatic nitrogens is 2. The molecule has 0 saturated carbocycles. The molecule has 6 heteroatoms. The topological polar surface area (TPSA) is 76.0 Å². The van der Waals surface area contributed by atoms with Gasteiger partial charge in [0.2, 0.25) is 0 Å². The summed E-state index contributed by atoms with van der Waals surface area (Å²) in [6, 6.07) is 2.13. The molecular formula is C11H15N5O. The Morgan fingerprint density at radius 2 is 2.24 bits per heavy atom. The van der Waals surface area contributed by atoms with Gasteiger partial charge in [-0.25, -0.2) is 0 Å². The van der Waals surface area contributed by atoms with E-state index in [4.69, 9.17) is 5.26 Å². The second-order valence-corrected chi connectivity index (χ2v) is 4.12. The molecule has 0 spiro atoms. The van der Waals surface area contributed by atoms with Crippen molar-refractivity contribution in [3.63, 3.8) is 0 Å². The lowest BCUT2D eigenvalue weighted by Crippen LogP contribution is -2.51. The molecule has 2 rings (SSSR count). The second-order valence-electron chi connectivity index (χ2n) is 4.12. The summed E-state index contributed by atoms with van der Waals surface area (Å²) in [4.78, 5) is 15.9. The minimum absolute atomic E-state index is 0.00279. The fourth-order valence-corrected chi connectivity index (χ4v) is 1.94. The lowest BCUT2D eigenvalue weighted by Gasteiger charge is -2.35. The van der Waals surface area contributed by atoms with Gasteiger partial charge < -0.3 is 4.90 Å². The molecule has 1 N–H and O–H groups in total. The van der Waals surface area contributed by atoms with E-state index in [9.17, 15) is 4.79 Å². The summed E-state index contributed by atoms with van der Waals surface area (Å²) < 4.78 is 0. The number of hydrogen-bond donors (Lipinski definition) is 1. The maximum Gasteiger partial charge on any atom is 0.257 e. The van der Waals surface area contributed by atoms with Crippen LogP contribution in [0, 0.1) is 11.3 Å². The molecule has 6 nitrogen and oxygen atoms in total. The van der Waals surface area contributed by atoms with E-state index in [0.717, 1.165) is 13.1 Å². The van der Waals surface area contributed by atoms with Gasteiger partial charge in [0.25, 0.3) is 5.91 Å². The first-order valence-corrected chi connectivity index (χ1v) is 5.64. The van der Waals surface area contributed by atoms with Gasteiger partial charge in [0.05, 0.1) is 23.9 Å². The van der Waals surface area contributed by atoms with Crippen LogP contribution < -0.4 is 0 Å². The molecular weight excluding hydrogens is 218 g/mol. The van der Waals surface area contributed by atoms with Crippen molar-refractivity contribution in [1.82, 2.24) is 20.0 Å². The van der Waals surface area contributed by atoms with Crippen molar-refractivity contribution >= 4 is 5.91 Å². The molecule has 1 atom stereocenters. The Kier molecular flexibility index (Phi) is 3.40. The number of carbonyl (C=O) groups excluding carboxylic acids is 1. The first kappa shape index (κ1) is 11.6. The predicted octanol–water partition coefficient (Wildman–Crippen LogP) is 0.0796. The minimum atomic E-state index is -0.0822. The van der Waals surface area contributed by atoms with E-state index >= 15 is 0 Å². The zero-order valence-corrected chi connectivity index (χ0v) is 9.76. The molecule has 0 aromatic carbocycles. The van der Waals surface area contributed by atoms with Crippen LogP contribution in [0.1, 0.15) is 17.3 Å². The van der Waals surface area contributed by atoms with E-state index < -0.39 is 0 Å². The third-order valence-electron chi connectivity index (χ3n) is 3.08. The number of piperazine rings is 1. The highest BCUT2D eigenvalue weighted by atomic mass is 16.2. The van der Waals surface area contributed by atoms with Crippen LogP contribution in [0.15, 0.2) is 12.4 Å². The number of aromatic amines is 1. The minimum Gasteiger partial charge on any atom is -0.336 e. The molecule has 1 fully saturated rings. The van der Waals surface area contributed by atoms with Crippen molar-refractivity contribution in [1.29, 1.82) is 5.26 Å². The summed E-state index contributed by atoms with van der Waals surface area (Å²) in [5, 5.41) is 15.2. The van der Waals surface area contributed by atoms with Crippen molar-refractivity contribution in [3.05, 3.63) is 18.0 Å². The summed E-state index contributed by atoms with van der Waals surface area (Å²) in [7, 11) is 0. The Bertz CT molecular complexity index is 414. The maximum atomic E-state index is 12.0. The third-order valence-corrected chi connectivity index (χ3v) is 3.08. The number of rotatable bonds is 2. The van der Waals surface area contributed by atoms with E-state index in [0.29, 0.717) is 18.7 Å². The molecule has 1 aromatic rings. The number of H-pyrrole nitrogens is 1. The zero-order chi connectivity index (χ0) is 12.3. The summed E-state index contributed by atoms with van der Waals surface area (Å²) in [5.41, 5.74) is 0.590. The standard InChI is InChI=1S/C11H15N5O/c1-9(6-12)15-2-4-16(5-3-15)11(17)10-7-13-14-8-10/h7-9H,2-5H2,1H3,(H,13,14). The monoisotopic (exact) mass is 233 g/mol. The van der Waals surface area contributed by atoms with E-state index in [1.807, 2.05) is 6.92 Å². The number of nitrogens with zero attached hydrogens (tertiary/aromatic N) is 4. The summed E-state index contributed by atoms with van der Waals surface area (Å²) in [6.07, 6.45) is 3.14. The van der Waals surface area contributed by atoms with E-state index in [-0.39, 0.29) is 11.9 Å². The van der Waals surface area contributed by atoms with Crippen LogP contribution in [0.2, 0.25) is 0 Å². The highest BCUT2D eigenvalue weighted by Gasteiger charge is 2.24. The average Bonchev–Trinajstić information content (AvgIpc) is 2.91. The van der Waals surface area contributed by atoms with Gasteiger partial charge in [-0.1, -0.05) is 0 Å². The van der Waals surface area contributed by atoms with Crippen LogP contribution in [0.4, 0.5) is 0 Å². The molecule has 1 aromatic heterocycles. The highest BCUT2D eigenvalue weighted by Crippen LogP contribution is 2.09. The van der Waals surface area contributed by atoms with Gasteiger partial charge in [-0.2, -0.15) is 10.4 Å². The van der Waals surface area contributed by atoms with Crippen molar-refractivity contribution in [2.45, 2.75) is 13.0 Å². The first-order chi connectivity index (χ1) is 8.22. The van der Waals surface area contributed by atoms with Gasteiger partial charge >= 0.3 is 0 Å². The number of nitriles is 1. The second kappa shape index (κ2) is 4.97. The third kappa shape index (κ3) is 2.45. The normalized spacial score (nSPS) is 18.7. The first-order valence-electron chi connectivity index (χ1n) is 5.64. The van der Waals surface area contributed by atoms with Gasteiger partial charge in [0, 0.05) is 32.4 Å². The van der Waals surface area contributed by atoms with Crippen LogP contribution in [-0.4, -0.2) is 58.1 Å². The van der Waals surface area contributed by atoms with Gasteiger partial charge in [-0.05, 0) is 6.92 Å². The molecule has 0 radical (unpaired) electrons. The molecule has 0 aliphatic carbocycles. The van der Waals surface area contributed by atoms with E-state index in [1.54, 1.807) is 11.1 Å². The van der Waals surface area contributed by atoms with Crippen molar-refractivity contribution < 1.29 is 4.79 Å². The van der Waals surface area contributed by atoms with Crippen LogP contribution in [0.3, 0.4) is 0 Å².